The van der Waals surface area contributed by atoms with Crippen LogP contribution in [0.5, 0.6) is 0 Å². The highest BCUT2D eigenvalue weighted by Crippen LogP contribution is 2.36. The molecule has 1 atom stereocenters. The Balaban J connectivity index is 2.12. The van der Waals surface area contributed by atoms with Gasteiger partial charge in [-0.3, -0.25) is 0 Å². The number of rotatable bonds is 9. The van der Waals surface area contributed by atoms with Crippen molar-refractivity contribution in [3.05, 3.63) is 0 Å². The van der Waals surface area contributed by atoms with E-state index >= 15 is 0 Å². The maximum Gasteiger partial charge on any atom is 0.212 e. The van der Waals surface area contributed by atoms with Crippen LogP contribution in [0.15, 0.2) is 0 Å². The van der Waals surface area contributed by atoms with E-state index in [-0.39, 0.29) is 5.75 Å². The first-order valence-corrected chi connectivity index (χ1v) is 7.88. The van der Waals surface area contributed by atoms with Gasteiger partial charge in [0.25, 0.3) is 0 Å². The van der Waals surface area contributed by atoms with Gasteiger partial charge in [-0.15, -0.1) is 0 Å². The molecule has 0 aliphatic heterocycles. The molecule has 0 radical (unpaired) electrons. The van der Waals surface area contributed by atoms with Gasteiger partial charge in [0.15, 0.2) is 0 Å². The summed E-state index contributed by atoms with van der Waals surface area (Å²) < 4.78 is 25.9. The molecule has 0 spiro atoms. The number of hydrogen-bond donors (Lipinski definition) is 2. The predicted octanol–water partition coefficient (Wildman–Crippen LogP) is 0.952. The third kappa shape index (κ3) is 5.82. The summed E-state index contributed by atoms with van der Waals surface area (Å²) in [5, 5.41) is 3.09. The van der Waals surface area contributed by atoms with Crippen LogP contribution in [0.25, 0.3) is 0 Å². The van der Waals surface area contributed by atoms with E-state index in [1.165, 1.54) is 12.8 Å². The molecule has 0 amide bonds. The second-order valence-corrected chi connectivity index (χ2v) is 6.66. The zero-order valence-electron chi connectivity index (χ0n) is 10.3. The fourth-order valence-corrected chi connectivity index (χ4v) is 2.75. The topological polar surface area (TPSA) is 58.2 Å². The quantitative estimate of drug-likeness (QED) is 0.597. The molecule has 1 aliphatic rings. The Morgan fingerprint density at radius 3 is 2.56 bits per heavy atom. The summed E-state index contributed by atoms with van der Waals surface area (Å²) in [6.07, 6.45) is 3.56. The normalized spacial score (nSPS) is 18.6. The summed E-state index contributed by atoms with van der Waals surface area (Å²) >= 11 is 0. The van der Waals surface area contributed by atoms with Crippen molar-refractivity contribution in [2.75, 3.05) is 25.4 Å². The molecule has 0 aromatic heterocycles. The van der Waals surface area contributed by atoms with Gasteiger partial charge in [0.05, 0.1) is 5.75 Å². The minimum Gasteiger partial charge on any atom is -0.316 e. The largest absolute Gasteiger partial charge is 0.316 e. The lowest BCUT2D eigenvalue weighted by Gasteiger charge is -2.12. The third-order valence-electron chi connectivity index (χ3n) is 3.03. The van der Waals surface area contributed by atoms with E-state index in [9.17, 15) is 8.42 Å². The fourth-order valence-electron chi connectivity index (χ4n) is 1.67. The molecule has 4 nitrogen and oxygen atoms in total. The van der Waals surface area contributed by atoms with Crippen LogP contribution >= 0.6 is 0 Å². The van der Waals surface area contributed by atoms with E-state index in [1.807, 2.05) is 0 Å². The molecule has 0 saturated heterocycles. The SMILES string of the molecule is CCCNCCS(=O)(=O)NCC(C)C1CC1. The molecule has 16 heavy (non-hydrogen) atoms. The van der Waals surface area contributed by atoms with Crippen LogP contribution in [0.2, 0.25) is 0 Å². The maximum absolute atomic E-state index is 11.6. The zero-order valence-corrected chi connectivity index (χ0v) is 11.1. The van der Waals surface area contributed by atoms with Crippen LogP contribution in [0.3, 0.4) is 0 Å². The van der Waals surface area contributed by atoms with Crippen molar-refractivity contribution >= 4 is 10.0 Å². The van der Waals surface area contributed by atoms with Crippen molar-refractivity contribution in [1.82, 2.24) is 10.0 Å². The van der Waals surface area contributed by atoms with Gasteiger partial charge < -0.3 is 5.32 Å². The van der Waals surface area contributed by atoms with E-state index < -0.39 is 10.0 Å². The minimum atomic E-state index is -3.08. The first kappa shape index (κ1) is 13.9. The van der Waals surface area contributed by atoms with Gasteiger partial charge in [-0.2, -0.15) is 0 Å². The molecule has 5 heteroatoms. The van der Waals surface area contributed by atoms with E-state index in [0.29, 0.717) is 19.0 Å². The average Bonchev–Trinajstić information content (AvgIpc) is 3.05. The highest BCUT2D eigenvalue weighted by molar-refractivity contribution is 7.89. The Morgan fingerprint density at radius 2 is 2.00 bits per heavy atom. The van der Waals surface area contributed by atoms with Crippen molar-refractivity contribution in [3.8, 4) is 0 Å². The molecule has 96 valence electrons. The van der Waals surface area contributed by atoms with Gasteiger partial charge in [-0.1, -0.05) is 13.8 Å². The monoisotopic (exact) mass is 248 g/mol. The Kier molecular flexibility index (Phi) is 5.72. The summed E-state index contributed by atoms with van der Waals surface area (Å²) in [6, 6.07) is 0. The summed E-state index contributed by atoms with van der Waals surface area (Å²) in [4.78, 5) is 0. The Hall–Kier alpha value is -0.130. The Bertz CT molecular complexity index is 286. The summed E-state index contributed by atoms with van der Waals surface area (Å²) in [5.41, 5.74) is 0. The second-order valence-electron chi connectivity index (χ2n) is 4.73. The van der Waals surface area contributed by atoms with Gasteiger partial charge in [0.1, 0.15) is 0 Å². The van der Waals surface area contributed by atoms with Crippen LogP contribution in [0.1, 0.15) is 33.1 Å². The highest BCUT2D eigenvalue weighted by Gasteiger charge is 2.28. The Morgan fingerprint density at radius 1 is 1.31 bits per heavy atom. The van der Waals surface area contributed by atoms with Gasteiger partial charge in [0.2, 0.25) is 10.0 Å². The zero-order chi connectivity index (χ0) is 12.0. The molecular weight excluding hydrogens is 224 g/mol. The molecule has 0 aromatic rings. The van der Waals surface area contributed by atoms with Crippen molar-refractivity contribution in [3.63, 3.8) is 0 Å². The summed E-state index contributed by atoms with van der Waals surface area (Å²) in [7, 11) is -3.08. The number of hydrogen-bond acceptors (Lipinski definition) is 3. The van der Waals surface area contributed by atoms with E-state index in [0.717, 1.165) is 18.9 Å². The minimum absolute atomic E-state index is 0.185. The standard InChI is InChI=1S/C11H24N2O2S/c1-3-6-12-7-8-16(14,15)13-9-10(2)11-4-5-11/h10-13H,3-9H2,1-2H3. The Labute approximate surface area is 99.2 Å². The van der Waals surface area contributed by atoms with Crippen molar-refractivity contribution in [2.24, 2.45) is 11.8 Å². The third-order valence-corrected chi connectivity index (χ3v) is 4.37. The van der Waals surface area contributed by atoms with Crippen LogP contribution < -0.4 is 10.0 Å². The van der Waals surface area contributed by atoms with Gasteiger partial charge in [-0.25, -0.2) is 13.1 Å². The lowest BCUT2D eigenvalue weighted by atomic mass is 10.1. The number of sulfonamides is 1. The van der Waals surface area contributed by atoms with Crippen molar-refractivity contribution in [2.45, 2.75) is 33.1 Å². The molecule has 1 saturated carbocycles. The lowest BCUT2D eigenvalue weighted by molar-refractivity contribution is 0.491. The van der Waals surface area contributed by atoms with E-state index in [2.05, 4.69) is 23.9 Å². The molecule has 1 rings (SSSR count). The maximum atomic E-state index is 11.6. The van der Waals surface area contributed by atoms with Gasteiger partial charge in [-0.05, 0) is 37.6 Å². The van der Waals surface area contributed by atoms with Crippen molar-refractivity contribution in [1.29, 1.82) is 0 Å². The van der Waals surface area contributed by atoms with Gasteiger partial charge in [0, 0.05) is 13.1 Å². The van der Waals surface area contributed by atoms with Crippen LogP contribution in [0, 0.1) is 11.8 Å². The molecule has 1 fully saturated rings. The summed E-state index contributed by atoms with van der Waals surface area (Å²) in [5.74, 6) is 1.42. The van der Waals surface area contributed by atoms with Crippen LogP contribution in [-0.4, -0.2) is 33.8 Å². The highest BCUT2D eigenvalue weighted by atomic mass is 32.2. The molecule has 1 unspecified atom stereocenters. The molecule has 2 N–H and O–H groups in total. The molecule has 0 bridgehead atoms. The van der Waals surface area contributed by atoms with Crippen molar-refractivity contribution < 1.29 is 8.42 Å². The van der Waals surface area contributed by atoms with E-state index in [1.54, 1.807) is 0 Å². The first-order valence-electron chi connectivity index (χ1n) is 6.23. The van der Waals surface area contributed by atoms with Gasteiger partial charge >= 0.3 is 0 Å². The van der Waals surface area contributed by atoms with Crippen LogP contribution in [-0.2, 0) is 10.0 Å². The average molecular weight is 248 g/mol. The lowest BCUT2D eigenvalue weighted by Crippen LogP contribution is -2.34. The molecule has 0 aromatic carbocycles. The molecule has 0 heterocycles. The summed E-state index contributed by atoms with van der Waals surface area (Å²) in [6.45, 7) is 6.21. The van der Waals surface area contributed by atoms with Crippen LogP contribution in [0.4, 0.5) is 0 Å². The smallest absolute Gasteiger partial charge is 0.212 e. The molecular formula is C11H24N2O2S. The molecule has 1 aliphatic carbocycles. The fraction of sp³-hybridized carbons (Fsp3) is 1.00. The second kappa shape index (κ2) is 6.57. The predicted molar refractivity (Wildman–Crippen MR) is 66.8 cm³/mol. The number of nitrogens with one attached hydrogen (secondary N) is 2. The van der Waals surface area contributed by atoms with E-state index in [4.69, 9.17) is 0 Å². The first-order chi connectivity index (χ1) is 7.55.